The zero-order valence-electron chi connectivity index (χ0n) is 10.6. The highest BCUT2D eigenvalue weighted by molar-refractivity contribution is 6.33. The van der Waals surface area contributed by atoms with Gasteiger partial charge in [-0.25, -0.2) is 0 Å². The Morgan fingerprint density at radius 3 is 2.74 bits per heavy atom. The molecule has 1 aromatic carbocycles. The summed E-state index contributed by atoms with van der Waals surface area (Å²) in [6.07, 6.45) is 7.38. The van der Waals surface area contributed by atoms with Gasteiger partial charge in [0.25, 0.3) is 0 Å². The van der Waals surface area contributed by atoms with Crippen LogP contribution in [0.4, 0.5) is 5.69 Å². The van der Waals surface area contributed by atoms with Crippen molar-refractivity contribution in [1.29, 1.82) is 0 Å². The second kappa shape index (κ2) is 4.34. The van der Waals surface area contributed by atoms with Gasteiger partial charge in [-0.3, -0.25) is 0 Å². The van der Waals surface area contributed by atoms with Crippen LogP contribution >= 0.6 is 11.6 Å². The maximum absolute atomic E-state index is 6.26. The van der Waals surface area contributed by atoms with Crippen LogP contribution in [0.2, 0.25) is 5.02 Å². The molecule has 0 saturated heterocycles. The largest absolute Gasteiger partial charge is 0.454 e. The van der Waals surface area contributed by atoms with Gasteiger partial charge in [-0.1, -0.05) is 23.8 Å². The van der Waals surface area contributed by atoms with Gasteiger partial charge in [-0.05, 0) is 30.6 Å². The number of halogens is 1. The first-order valence-electron chi connectivity index (χ1n) is 6.81. The van der Waals surface area contributed by atoms with E-state index in [-0.39, 0.29) is 6.79 Å². The number of allylic oxidation sites excluding steroid dienone is 2. The maximum Gasteiger partial charge on any atom is 0.231 e. The number of ether oxygens (including phenoxy) is 2. The maximum atomic E-state index is 6.26. The number of benzene rings is 1. The van der Waals surface area contributed by atoms with Gasteiger partial charge in [0.15, 0.2) is 11.5 Å². The van der Waals surface area contributed by atoms with E-state index in [1.165, 1.54) is 12.8 Å². The van der Waals surface area contributed by atoms with Crippen LogP contribution < -0.4 is 14.8 Å². The lowest BCUT2D eigenvalue weighted by Crippen LogP contribution is -2.18. The molecule has 19 heavy (non-hydrogen) atoms. The van der Waals surface area contributed by atoms with Crippen molar-refractivity contribution in [1.82, 2.24) is 0 Å². The molecule has 3 nitrogen and oxygen atoms in total. The van der Waals surface area contributed by atoms with Crippen molar-refractivity contribution in [3.8, 4) is 11.5 Å². The fraction of sp³-hybridized carbons (Fsp3) is 0.467. The Morgan fingerprint density at radius 1 is 1.16 bits per heavy atom. The lowest BCUT2D eigenvalue weighted by Gasteiger charge is -2.19. The molecule has 0 radical (unpaired) electrons. The van der Waals surface area contributed by atoms with Crippen LogP contribution in [0, 0.1) is 17.8 Å². The van der Waals surface area contributed by atoms with Gasteiger partial charge in [-0.15, -0.1) is 0 Å². The summed E-state index contributed by atoms with van der Waals surface area (Å²) in [5.41, 5.74) is 0.942. The van der Waals surface area contributed by atoms with Crippen molar-refractivity contribution in [2.24, 2.45) is 17.8 Å². The molecule has 0 aromatic heterocycles. The molecule has 1 N–H and O–H groups in total. The van der Waals surface area contributed by atoms with E-state index in [2.05, 4.69) is 17.5 Å². The van der Waals surface area contributed by atoms with E-state index in [1.54, 1.807) is 0 Å². The highest BCUT2D eigenvalue weighted by atomic mass is 35.5. The van der Waals surface area contributed by atoms with Gasteiger partial charge in [0.1, 0.15) is 0 Å². The van der Waals surface area contributed by atoms with Crippen LogP contribution in [-0.4, -0.2) is 13.3 Å². The molecule has 0 spiro atoms. The summed E-state index contributed by atoms with van der Waals surface area (Å²) < 4.78 is 10.7. The topological polar surface area (TPSA) is 30.5 Å². The summed E-state index contributed by atoms with van der Waals surface area (Å²) in [6.45, 7) is 1.26. The van der Waals surface area contributed by atoms with Crippen LogP contribution in [0.15, 0.2) is 24.3 Å². The molecular formula is C15H16ClNO2. The number of fused-ring (bicyclic) bond motifs is 3. The van der Waals surface area contributed by atoms with Crippen molar-refractivity contribution >= 4 is 17.3 Å². The molecule has 1 heterocycles. The summed E-state index contributed by atoms with van der Waals surface area (Å²) in [4.78, 5) is 0. The third-order valence-corrected chi connectivity index (χ3v) is 4.75. The molecule has 3 unspecified atom stereocenters. The predicted molar refractivity (Wildman–Crippen MR) is 74.9 cm³/mol. The van der Waals surface area contributed by atoms with Gasteiger partial charge in [0.2, 0.25) is 6.79 Å². The lowest BCUT2D eigenvalue weighted by atomic mass is 9.93. The van der Waals surface area contributed by atoms with Crippen LogP contribution in [0.1, 0.15) is 12.8 Å². The van der Waals surface area contributed by atoms with E-state index in [9.17, 15) is 0 Å². The average Bonchev–Trinajstić information content (AvgIpc) is 3.11. The molecule has 0 amide bonds. The fourth-order valence-electron chi connectivity index (χ4n) is 3.42. The monoisotopic (exact) mass is 277 g/mol. The second-order valence-corrected chi connectivity index (χ2v) is 6.01. The number of rotatable bonds is 3. The van der Waals surface area contributed by atoms with Gasteiger partial charge in [0.05, 0.1) is 10.7 Å². The Kier molecular flexibility index (Phi) is 2.62. The normalized spacial score (nSPS) is 30.1. The zero-order valence-corrected chi connectivity index (χ0v) is 11.3. The number of nitrogens with one attached hydrogen (secondary N) is 1. The summed E-state index contributed by atoms with van der Waals surface area (Å²) >= 11 is 6.26. The molecule has 100 valence electrons. The Hall–Kier alpha value is -1.35. The first kappa shape index (κ1) is 11.5. The van der Waals surface area contributed by atoms with E-state index in [0.29, 0.717) is 5.02 Å². The standard InChI is InChI=1S/C15H16ClNO2/c16-12-5-14-15(19-8-18-14)6-13(12)17-7-11-4-9-1-2-10(11)3-9/h1-2,5-6,9-11,17H,3-4,7-8H2. The minimum Gasteiger partial charge on any atom is -0.454 e. The quantitative estimate of drug-likeness (QED) is 0.855. The molecule has 1 aliphatic heterocycles. The number of hydrogen-bond acceptors (Lipinski definition) is 3. The van der Waals surface area contributed by atoms with Crippen molar-refractivity contribution in [2.45, 2.75) is 12.8 Å². The molecular weight excluding hydrogens is 262 g/mol. The van der Waals surface area contributed by atoms with Crippen molar-refractivity contribution in [3.05, 3.63) is 29.3 Å². The summed E-state index contributed by atoms with van der Waals surface area (Å²) in [6, 6.07) is 3.76. The second-order valence-electron chi connectivity index (χ2n) is 5.61. The van der Waals surface area contributed by atoms with E-state index in [4.69, 9.17) is 21.1 Å². The van der Waals surface area contributed by atoms with Crippen molar-refractivity contribution < 1.29 is 9.47 Å². The highest BCUT2D eigenvalue weighted by Crippen LogP contribution is 2.44. The molecule has 4 rings (SSSR count). The minimum atomic E-state index is 0.284. The van der Waals surface area contributed by atoms with E-state index in [0.717, 1.165) is 41.5 Å². The summed E-state index contributed by atoms with van der Waals surface area (Å²) in [5.74, 6) is 3.81. The van der Waals surface area contributed by atoms with Crippen LogP contribution in [0.5, 0.6) is 11.5 Å². The number of hydrogen-bond donors (Lipinski definition) is 1. The Bertz CT molecular complexity index is 543. The molecule has 1 saturated carbocycles. The summed E-state index contributed by atoms with van der Waals surface area (Å²) in [7, 11) is 0. The molecule has 4 heteroatoms. The highest BCUT2D eigenvalue weighted by Gasteiger charge is 2.35. The first-order valence-corrected chi connectivity index (χ1v) is 7.19. The Balaban J connectivity index is 1.47. The third kappa shape index (κ3) is 1.96. The Morgan fingerprint density at radius 2 is 2.00 bits per heavy atom. The fourth-order valence-corrected chi connectivity index (χ4v) is 3.64. The Labute approximate surface area is 117 Å². The van der Waals surface area contributed by atoms with E-state index in [1.807, 2.05) is 12.1 Å². The predicted octanol–water partition coefficient (Wildman–Crippen LogP) is 3.69. The van der Waals surface area contributed by atoms with Crippen molar-refractivity contribution in [2.75, 3.05) is 18.7 Å². The van der Waals surface area contributed by atoms with Gasteiger partial charge in [-0.2, -0.15) is 0 Å². The van der Waals surface area contributed by atoms with Gasteiger partial charge < -0.3 is 14.8 Å². The number of anilines is 1. The van der Waals surface area contributed by atoms with E-state index >= 15 is 0 Å². The molecule has 2 bridgehead atoms. The van der Waals surface area contributed by atoms with Gasteiger partial charge in [0, 0.05) is 18.7 Å². The van der Waals surface area contributed by atoms with Crippen LogP contribution in [0.3, 0.4) is 0 Å². The molecule has 3 aliphatic rings. The average molecular weight is 278 g/mol. The third-order valence-electron chi connectivity index (χ3n) is 4.43. The first-order chi connectivity index (χ1) is 9.29. The van der Waals surface area contributed by atoms with Crippen molar-refractivity contribution in [3.63, 3.8) is 0 Å². The van der Waals surface area contributed by atoms with Crippen LogP contribution in [0.25, 0.3) is 0 Å². The van der Waals surface area contributed by atoms with Crippen LogP contribution in [-0.2, 0) is 0 Å². The molecule has 3 atom stereocenters. The molecule has 2 aliphatic carbocycles. The lowest BCUT2D eigenvalue weighted by molar-refractivity contribution is 0.174. The smallest absolute Gasteiger partial charge is 0.231 e. The van der Waals surface area contributed by atoms with E-state index < -0.39 is 0 Å². The molecule has 1 fully saturated rings. The summed E-state index contributed by atoms with van der Waals surface area (Å²) in [5, 5.41) is 4.17. The van der Waals surface area contributed by atoms with Gasteiger partial charge >= 0.3 is 0 Å². The minimum absolute atomic E-state index is 0.284. The molecule has 1 aromatic rings. The zero-order chi connectivity index (χ0) is 12.8. The SMILES string of the molecule is Clc1cc2c(cc1NCC1CC3C=CC1C3)OCO2.